The van der Waals surface area contributed by atoms with Gasteiger partial charge < -0.3 is 15.4 Å². The number of amides is 1. The van der Waals surface area contributed by atoms with Gasteiger partial charge in [0, 0.05) is 43.0 Å². The molecule has 1 aliphatic heterocycles. The Labute approximate surface area is 116 Å². The maximum Gasteiger partial charge on any atom is 0.221 e. The van der Waals surface area contributed by atoms with Crippen LogP contribution in [0, 0.1) is 11.3 Å². The third kappa shape index (κ3) is 3.11. The van der Waals surface area contributed by atoms with Crippen LogP contribution in [0.25, 0.3) is 0 Å². The summed E-state index contributed by atoms with van der Waals surface area (Å²) in [4.78, 5) is 11.6. The summed E-state index contributed by atoms with van der Waals surface area (Å²) in [6.07, 6.45) is 3.39. The maximum absolute atomic E-state index is 11.6. The first-order valence-electron chi connectivity index (χ1n) is 7.57. The van der Waals surface area contributed by atoms with Crippen LogP contribution in [0.15, 0.2) is 0 Å². The van der Waals surface area contributed by atoms with Crippen LogP contribution in [-0.4, -0.2) is 37.2 Å². The molecule has 3 atom stereocenters. The summed E-state index contributed by atoms with van der Waals surface area (Å²) >= 11 is 0. The van der Waals surface area contributed by atoms with E-state index < -0.39 is 0 Å². The van der Waals surface area contributed by atoms with Crippen LogP contribution >= 0.6 is 0 Å². The number of carbonyl (C=O) groups is 1. The van der Waals surface area contributed by atoms with Gasteiger partial charge >= 0.3 is 0 Å². The highest BCUT2D eigenvalue weighted by Crippen LogP contribution is 2.51. The number of carbonyl (C=O) groups excluding carboxylic acids is 1. The second-order valence-electron chi connectivity index (χ2n) is 6.82. The predicted molar refractivity (Wildman–Crippen MR) is 75.9 cm³/mol. The van der Waals surface area contributed by atoms with Crippen LogP contribution in [0.5, 0.6) is 0 Å². The Balaban J connectivity index is 1.75. The molecule has 0 spiro atoms. The molecule has 0 radical (unpaired) electrons. The minimum absolute atomic E-state index is 0.135. The van der Waals surface area contributed by atoms with Crippen molar-refractivity contribution in [3.05, 3.63) is 0 Å². The summed E-state index contributed by atoms with van der Waals surface area (Å²) in [7, 11) is 0. The van der Waals surface area contributed by atoms with Crippen LogP contribution in [0.3, 0.4) is 0 Å². The highest BCUT2D eigenvalue weighted by Gasteiger charge is 2.57. The second kappa shape index (κ2) is 5.80. The Morgan fingerprint density at radius 3 is 2.84 bits per heavy atom. The van der Waals surface area contributed by atoms with Gasteiger partial charge in [0.05, 0.1) is 6.10 Å². The maximum atomic E-state index is 11.6. The van der Waals surface area contributed by atoms with E-state index in [1.54, 1.807) is 0 Å². The normalized spacial score (nSPS) is 32.6. The van der Waals surface area contributed by atoms with Gasteiger partial charge in [-0.1, -0.05) is 13.8 Å². The van der Waals surface area contributed by atoms with E-state index in [1.807, 2.05) is 13.8 Å². The van der Waals surface area contributed by atoms with Crippen molar-refractivity contribution < 1.29 is 9.53 Å². The summed E-state index contributed by atoms with van der Waals surface area (Å²) in [5.41, 5.74) is 0.194. The van der Waals surface area contributed by atoms with E-state index in [0.717, 1.165) is 13.2 Å². The molecule has 4 nitrogen and oxygen atoms in total. The van der Waals surface area contributed by atoms with Gasteiger partial charge in [0.25, 0.3) is 0 Å². The van der Waals surface area contributed by atoms with E-state index in [2.05, 4.69) is 24.5 Å². The number of ether oxygens (including phenoxy) is 1. The van der Waals surface area contributed by atoms with Crippen molar-refractivity contribution in [3.63, 3.8) is 0 Å². The van der Waals surface area contributed by atoms with Crippen molar-refractivity contribution in [2.75, 3.05) is 13.2 Å². The van der Waals surface area contributed by atoms with Gasteiger partial charge in [-0.25, -0.2) is 0 Å². The van der Waals surface area contributed by atoms with Crippen molar-refractivity contribution >= 4 is 5.91 Å². The van der Waals surface area contributed by atoms with Crippen molar-refractivity contribution in [3.8, 4) is 0 Å². The Morgan fingerprint density at radius 2 is 2.16 bits per heavy atom. The highest BCUT2D eigenvalue weighted by atomic mass is 16.5. The van der Waals surface area contributed by atoms with E-state index in [-0.39, 0.29) is 17.4 Å². The standard InChI is InChI=1S/C15H28N2O2/c1-10(2)17-12(18)7-8-16-13-11-6-5-9-19-14(11)15(13,3)4/h10-11,13-14,16H,5-9H2,1-4H3,(H,17,18). The van der Waals surface area contributed by atoms with Crippen LogP contribution in [-0.2, 0) is 9.53 Å². The first-order valence-corrected chi connectivity index (χ1v) is 7.57. The largest absolute Gasteiger partial charge is 0.377 e. The van der Waals surface area contributed by atoms with Crippen LogP contribution < -0.4 is 10.6 Å². The number of hydrogen-bond acceptors (Lipinski definition) is 3. The second-order valence-corrected chi connectivity index (χ2v) is 6.82. The zero-order valence-electron chi connectivity index (χ0n) is 12.7. The zero-order chi connectivity index (χ0) is 14.0. The molecule has 1 amide bonds. The number of hydrogen-bond donors (Lipinski definition) is 2. The fourth-order valence-corrected chi connectivity index (χ4v) is 3.67. The minimum atomic E-state index is 0.135. The monoisotopic (exact) mass is 268 g/mol. The highest BCUT2D eigenvalue weighted by molar-refractivity contribution is 5.76. The molecule has 2 aliphatic rings. The summed E-state index contributed by atoms with van der Waals surface area (Å²) < 4.78 is 5.88. The van der Waals surface area contributed by atoms with E-state index in [9.17, 15) is 4.79 Å². The molecular formula is C15H28N2O2. The third-order valence-corrected chi connectivity index (χ3v) is 4.50. The average Bonchev–Trinajstić information content (AvgIpc) is 2.33. The molecule has 0 aromatic rings. The Kier molecular flexibility index (Phi) is 4.51. The molecule has 2 fully saturated rings. The predicted octanol–water partition coefficient (Wildman–Crippen LogP) is 1.69. The summed E-state index contributed by atoms with van der Waals surface area (Å²) in [6, 6.07) is 0.716. The zero-order valence-corrected chi connectivity index (χ0v) is 12.7. The summed E-state index contributed by atoms with van der Waals surface area (Å²) in [6.45, 7) is 10.2. The molecule has 0 aromatic heterocycles. The lowest BCUT2D eigenvalue weighted by Gasteiger charge is -2.60. The van der Waals surface area contributed by atoms with Gasteiger partial charge in [-0.2, -0.15) is 0 Å². The van der Waals surface area contributed by atoms with E-state index in [1.165, 1.54) is 12.8 Å². The molecule has 2 N–H and O–H groups in total. The lowest BCUT2D eigenvalue weighted by atomic mass is 9.55. The van der Waals surface area contributed by atoms with Gasteiger partial charge in [-0.15, -0.1) is 0 Å². The van der Waals surface area contributed by atoms with Crippen LogP contribution in [0.4, 0.5) is 0 Å². The Morgan fingerprint density at radius 1 is 1.42 bits per heavy atom. The summed E-state index contributed by atoms with van der Waals surface area (Å²) in [5, 5.41) is 6.50. The first-order chi connectivity index (χ1) is 8.93. The van der Waals surface area contributed by atoms with Gasteiger partial charge in [0.2, 0.25) is 5.91 Å². The van der Waals surface area contributed by atoms with Crippen molar-refractivity contribution in [1.82, 2.24) is 10.6 Å². The molecule has 1 aliphatic carbocycles. The minimum Gasteiger partial charge on any atom is -0.377 e. The molecule has 1 saturated carbocycles. The molecule has 0 aromatic carbocycles. The Hall–Kier alpha value is -0.610. The molecule has 3 unspecified atom stereocenters. The lowest BCUT2D eigenvalue weighted by Crippen LogP contribution is -2.69. The summed E-state index contributed by atoms with van der Waals surface area (Å²) in [5.74, 6) is 0.771. The third-order valence-electron chi connectivity index (χ3n) is 4.50. The average molecular weight is 268 g/mol. The SMILES string of the molecule is CC(C)NC(=O)CCNC1C2CCCOC2C1(C)C. The molecular weight excluding hydrogens is 240 g/mol. The molecule has 110 valence electrons. The molecule has 0 bridgehead atoms. The topological polar surface area (TPSA) is 50.4 Å². The van der Waals surface area contributed by atoms with E-state index in [0.29, 0.717) is 24.5 Å². The molecule has 2 rings (SSSR count). The van der Waals surface area contributed by atoms with Gasteiger partial charge in [-0.05, 0) is 26.7 Å². The van der Waals surface area contributed by atoms with Crippen molar-refractivity contribution in [2.24, 2.45) is 11.3 Å². The Bertz CT molecular complexity index is 328. The van der Waals surface area contributed by atoms with E-state index >= 15 is 0 Å². The molecule has 1 heterocycles. The fraction of sp³-hybridized carbons (Fsp3) is 0.933. The number of nitrogens with one attached hydrogen (secondary N) is 2. The molecule has 19 heavy (non-hydrogen) atoms. The molecule has 4 heteroatoms. The molecule has 1 saturated heterocycles. The van der Waals surface area contributed by atoms with Crippen LogP contribution in [0.1, 0.15) is 47.0 Å². The van der Waals surface area contributed by atoms with Crippen molar-refractivity contribution in [2.45, 2.75) is 65.1 Å². The van der Waals surface area contributed by atoms with Crippen molar-refractivity contribution in [1.29, 1.82) is 0 Å². The lowest BCUT2D eigenvalue weighted by molar-refractivity contribution is -0.192. The number of rotatable bonds is 5. The smallest absolute Gasteiger partial charge is 0.221 e. The van der Waals surface area contributed by atoms with Gasteiger partial charge in [0.15, 0.2) is 0 Å². The van der Waals surface area contributed by atoms with Gasteiger partial charge in [-0.3, -0.25) is 4.79 Å². The fourth-order valence-electron chi connectivity index (χ4n) is 3.67. The van der Waals surface area contributed by atoms with Gasteiger partial charge in [0.1, 0.15) is 0 Å². The quantitative estimate of drug-likeness (QED) is 0.798. The van der Waals surface area contributed by atoms with Crippen LogP contribution in [0.2, 0.25) is 0 Å². The first kappa shape index (κ1) is 14.8. The van der Waals surface area contributed by atoms with E-state index in [4.69, 9.17) is 4.74 Å². The number of fused-ring (bicyclic) bond motifs is 1.